The molecule has 0 N–H and O–H groups in total. The van der Waals surface area contributed by atoms with Gasteiger partial charge in [-0.25, -0.2) is 9.96 Å². The van der Waals surface area contributed by atoms with Crippen LogP contribution < -0.4 is 9.96 Å². The first-order valence-electron chi connectivity index (χ1n) is 9.82. The SMILES string of the molecule is C[C@@]12C(=O)N(c3ccc(Cl)c(Cl)c3)C(=O)[C@@H]1ON(c1ccccc1)[C@@H]2c1ccccc1. The van der Waals surface area contributed by atoms with E-state index in [1.54, 1.807) is 24.1 Å². The molecule has 5 nitrogen and oxygen atoms in total. The summed E-state index contributed by atoms with van der Waals surface area (Å²) in [5, 5.41) is 2.31. The number of anilines is 2. The highest BCUT2D eigenvalue weighted by atomic mass is 35.5. The molecule has 0 aromatic heterocycles. The fourth-order valence-electron chi connectivity index (χ4n) is 4.43. The molecule has 0 aliphatic carbocycles. The van der Waals surface area contributed by atoms with Gasteiger partial charge >= 0.3 is 0 Å². The first-order chi connectivity index (χ1) is 14.9. The second-order valence-electron chi connectivity index (χ2n) is 7.82. The van der Waals surface area contributed by atoms with E-state index in [0.29, 0.717) is 10.7 Å². The Bertz CT molecular complexity index is 1170. The second kappa shape index (κ2) is 7.38. The Balaban J connectivity index is 1.63. The number of rotatable bonds is 3. The predicted molar refractivity (Wildman–Crippen MR) is 120 cm³/mol. The monoisotopic (exact) mass is 452 g/mol. The van der Waals surface area contributed by atoms with Crippen LogP contribution in [0.2, 0.25) is 10.0 Å². The Morgan fingerprint density at radius 3 is 2.13 bits per heavy atom. The Morgan fingerprint density at radius 2 is 1.48 bits per heavy atom. The van der Waals surface area contributed by atoms with Crippen molar-refractivity contribution < 1.29 is 14.4 Å². The minimum Gasteiger partial charge on any atom is -0.273 e. The Morgan fingerprint density at radius 1 is 0.839 bits per heavy atom. The fraction of sp³-hybridized carbons (Fsp3) is 0.167. The van der Waals surface area contributed by atoms with Crippen molar-refractivity contribution in [3.8, 4) is 0 Å². The fourth-order valence-corrected chi connectivity index (χ4v) is 4.72. The van der Waals surface area contributed by atoms with Crippen LogP contribution in [0, 0.1) is 5.41 Å². The molecule has 7 heteroatoms. The van der Waals surface area contributed by atoms with Gasteiger partial charge in [-0.3, -0.25) is 14.4 Å². The van der Waals surface area contributed by atoms with Crippen molar-refractivity contribution >= 4 is 46.4 Å². The van der Waals surface area contributed by atoms with Crippen molar-refractivity contribution in [1.82, 2.24) is 0 Å². The van der Waals surface area contributed by atoms with Crippen molar-refractivity contribution in [2.75, 3.05) is 9.96 Å². The van der Waals surface area contributed by atoms with E-state index in [-0.39, 0.29) is 10.9 Å². The van der Waals surface area contributed by atoms with E-state index in [1.807, 2.05) is 60.7 Å². The van der Waals surface area contributed by atoms with Gasteiger partial charge < -0.3 is 0 Å². The van der Waals surface area contributed by atoms with E-state index < -0.39 is 23.5 Å². The van der Waals surface area contributed by atoms with Crippen molar-refractivity contribution in [1.29, 1.82) is 0 Å². The number of para-hydroxylation sites is 1. The highest BCUT2D eigenvalue weighted by Crippen LogP contribution is 2.55. The molecule has 0 radical (unpaired) electrons. The molecule has 0 spiro atoms. The van der Waals surface area contributed by atoms with E-state index in [9.17, 15) is 9.59 Å². The van der Waals surface area contributed by atoms with Crippen LogP contribution in [0.25, 0.3) is 0 Å². The van der Waals surface area contributed by atoms with Crippen LogP contribution in [0.3, 0.4) is 0 Å². The summed E-state index contributed by atoms with van der Waals surface area (Å²) in [6, 6.07) is 23.3. The van der Waals surface area contributed by atoms with Gasteiger partial charge in [-0.15, -0.1) is 0 Å². The summed E-state index contributed by atoms with van der Waals surface area (Å²) in [5.41, 5.74) is 0.893. The maximum absolute atomic E-state index is 13.8. The molecule has 2 fully saturated rings. The molecule has 0 unspecified atom stereocenters. The highest BCUT2D eigenvalue weighted by molar-refractivity contribution is 6.42. The van der Waals surface area contributed by atoms with Gasteiger partial charge in [0.1, 0.15) is 5.41 Å². The number of hydrogen-bond acceptors (Lipinski definition) is 4. The lowest BCUT2D eigenvalue weighted by molar-refractivity contribution is -0.128. The van der Waals surface area contributed by atoms with Crippen LogP contribution in [0.15, 0.2) is 78.9 Å². The minimum absolute atomic E-state index is 0.272. The summed E-state index contributed by atoms with van der Waals surface area (Å²) < 4.78 is 0. The molecule has 2 saturated heterocycles. The first-order valence-corrected chi connectivity index (χ1v) is 10.6. The van der Waals surface area contributed by atoms with Gasteiger partial charge in [-0.2, -0.15) is 0 Å². The van der Waals surface area contributed by atoms with Gasteiger partial charge in [0.15, 0.2) is 6.10 Å². The zero-order chi connectivity index (χ0) is 21.8. The molecule has 0 bridgehead atoms. The van der Waals surface area contributed by atoms with Gasteiger partial charge in [0, 0.05) is 0 Å². The average molecular weight is 453 g/mol. The molecule has 2 heterocycles. The third-order valence-electron chi connectivity index (χ3n) is 5.96. The van der Waals surface area contributed by atoms with Crippen LogP contribution >= 0.6 is 23.2 Å². The van der Waals surface area contributed by atoms with Crippen LogP contribution in [-0.4, -0.2) is 17.9 Å². The van der Waals surface area contributed by atoms with Crippen molar-refractivity contribution in [2.45, 2.75) is 19.1 Å². The Hall–Kier alpha value is -2.86. The van der Waals surface area contributed by atoms with Gasteiger partial charge in [0.05, 0.1) is 27.5 Å². The van der Waals surface area contributed by atoms with E-state index in [1.165, 1.54) is 6.07 Å². The van der Waals surface area contributed by atoms with Crippen LogP contribution in [0.5, 0.6) is 0 Å². The average Bonchev–Trinajstić information content (AvgIpc) is 3.20. The molecule has 2 amide bonds. The number of fused-ring (bicyclic) bond motifs is 1. The predicted octanol–water partition coefficient (Wildman–Crippen LogP) is 5.43. The minimum atomic E-state index is -1.14. The molecule has 5 rings (SSSR count). The standard InChI is InChI=1S/C24H18Cl2N2O3/c1-24-20(15-8-4-2-5-9-15)28(16-10-6-3-7-11-16)31-21(24)22(29)27(23(24)30)17-12-13-18(25)19(26)14-17/h2-14,20-21H,1H3/t20-,21+,24+/m1/s1. The molecule has 3 aromatic rings. The Labute approximate surface area is 189 Å². The van der Waals surface area contributed by atoms with Crippen molar-refractivity contribution in [3.05, 3.63) is 94.5 Å². The number of carbonyl (C=O) groups is 2. The number of hydroxylamine groups is 1. The van der Waals surface area contributed by atoms with Crippen LogP contribution in [0.1, 0.15) is 18.5 Å². The number of nitrogens with zero attached hydrogens (tertiary/aromatic N) is 2. The number of hydrogen-bond donors (Lipinski definition) is 0. The summed E-state index contributed by atoms with van der Waals surface area (Å²) in [6.07, 6.45) is -0.972. The van der Waals surface area contributed by atoms with Crippen molar-refractivity contribution in [2.24, 2.45) is 5.41 Å². The van der Waals surface area contributed by atoms with E-state index in [4.69, 9.17) is 28.0 Å². The number of carbonyl (C=O) groups excluding carboxylic acids is 2. The van der Waals surface area contributed by atoms with Gasteiger partial charge in [-0.1, -0.05) is 71.7 Å². The quantitative estimate of drug-likeness (QED) is 0.496. The van der Waals surface area contributed by atoms with E-state index >= 15 is 0 Å². The van der Waals surface area contributed by atoms with Gasteiger partial charge in [0.25, 0.3) is 5.91 Å². The molecule has 2 aliphatic rings. The maximum Gasteiger partial charge on any atom is 0.266 e. The number of amides is 2. The molecule has 2 aliphatic heterocycles. The van der Waals surface area contributed by atoms with Crippen LogP contribution in [-0.2, 0) is 14.4 Å². The second-order valence-corrected chi connectivity index (χ2v) is 8.63. The lowest BCUT2D eigenvalue weighted by Gasteiger charge is -2.32. The lowest BCUT2D eigenvalue weighted by Crippen LogP contribution is -2.41. The zero-order valence-corrected chi connectivity index (χ0v) is 18.0. The highest BCUT2D eigenvalue weighted by Gasteiger charge is 2.68. The summed E-state index contributed by atoms with van der Waals surface area (Å²) >= 11 is 12.2. The summed E-state index contributed by atoms with van der Waals surface area (Å²) in [6.45, 7) is 1.79. The molecule has 3 aromatic carbocycles. The number of imide groups is 1. The molecule has 31 heavy (non-hydrogen) atoms. The van der Waals surface area contributed by atoms with E-state index in [0.717, 1.165) is 16.2 Å². The molecule has 0 saturated carbocycles. The van der Waals surface area contributed by atoms with E-state index in [2.05, 4.69) is 0 Å². The summed E-state index contributed by atoms with van der Waals surface area (Å²) in [7, 11) is 0. The molecule has 156 valence electrons. The third kappa shape index (κ3) is 2.96. The maximum atomic E-state index is 13.8. The van der Waals surface area contributed by atoms with Gasteiger partial charge in [0.2, 0.25) is 5.91 Å². The van der Waals surface area contributed by atoms with Crippen LogP contribution in [0.4, 0.5) is 11.4 Å². The molecular formula is C24H18Cl2N2O3. The third-order valence-corrected chi connectivity index (χ3v) is 6.70. The lowest BCUT2D eigenvalue weighted by atomic mass is 9.76. The number of benzene rings is 3. The van der Waals surface area contributed by atoms with Gasteiger partial charge in [-0.05, 0) is 42.8 Å². The van der Waals surface area contributed by atoms with Crippen molar-refractivity contribution in [3.63, 3.8) is 0 Å². The largest absolute Gasteiger partial charge is 0.273 e. The zero-order valence-electron chi connectivity index (χ0n) is 16.5. The summed E-state index contributed by atoms with van der Waals surface area (Å²) in [4.78, 5) is 34.6. The Kier molecular flexibility index (Phi) is 4.77. The molecule has 3 atom stereocenters. The topological polar surface area (TPSA) is 49.9 Å². The molecular weight excluding hydrogens is 435 g/mol. The number of halogens is 2. The normalized spacial score (nSPS) is 25.3. The smallest absolute Gasteiger partial charge is 0.266 e. The summed E-state index contributed by atoms with van der Waals surface area (Å²) in [5.74, 6) is -0.765. The first kappa shape index (κ1) is 20.1.